The molecule has 0 aliphatic rings. The van der Waals surface area contributed by atoms with E-state index in [2.05, 4.69) is 0 Å². The van der Waals surface area contributed by atoms with Crippen molar-refractivity contribution in [2.75, 3.05) is 0 Å². The van der Waals surface area contributed by atoms with Crippen LogP contribution in [-0.2, 0) is 14.8 Å². The Bertz CT molecular complexity index is 419. The largest absolute Gasteiger partial charge is 1.00 e. The Kier molecular flexibility index (Phi) is 6.07. The van der Waals surface area contributed by atoms with Crippen LogP contribution in [0.2, 0.25) is 0 Å². The molecular weight excluding hydrogens is 227 g/mol. The first-order valence-electron chi connectivity index (χ1n) is 3.86. The maximum absolute atomic E-state index is 11.4. The molecule has 76 valence electrons. The van der Waals surface area contributed by atoms with Crippen molar-refractivity contribution in [3.05, 3.63) is 30.3 Å². The number of carbonyl (C=O) groups excluding carboxylic acids is 1. The van der Waals surface area contributed by atoms with Crippen LogP contribution in [0.4, 0.5) is 0 Å². The quantitative estimate of drug-likeness (QED) is 0.435. The number of hydrogen-bond donors (Lipinski definition) is 2. The van der Waals surface area contributed by atoms with E-state index in [0.29, 0.717) is 0 Å². The van der Waals surface area contributed by atoms with Crippen LogP contribution in [0.5, 0.6) is 0 Å². The maximum atomic E-state index is 11.4. The van der Waals surface area contributed by atoms with Crippen molar-refractivity contribution < 1.29 is 42.8 Å². The number of benzene rings is 1. The molecule has 1 amide bonds. The molecule has 0 bridgehead atoms. The normalized spacial score (nSPS) is 10.2. The van der Waals surface area contributed by atoms with Crippen LogP contribution in [0.3, 0.4) is 0 Å². The molecule has 0 aromatic heterocycles. The number of nitrogens with one attached hydrogen (secondary N) is 2. The van der Waals surface area contributed by atoms with Gasteiger partial charge in [-0.05, 0) is 12.1 Å². The second-order valence-electron chi connectivity index (χ2n) is 2.60. The summed E-state index contributed by atoms with van der Waals surface area (Å²) in [7, 11) is -3.64. The zero-order valence-corrected chi connectivity index (χ0v) is 11.3. The molecule has 2 N–H and O–H groups in total. The van der Waals surface area contributed by atoms with E-state index in [1.54, 1.807) is 18.2 Å². The summed E-state index contributed by atoms with van der Waals surface area (Å²) in [6.07, 6.45) is 0. The van der Waals surface area contributed by atoms with Crippen LogP contribution in [0, 0.1) is 0 Å². The van der Waals surface area contributed by atoms with Crippen LogP contribution in [0.15, 0.2) is 35.2 Å². The smallest absolute Gasteiger partial charge is 0.278 e. The summed E-state index contributed by atoms with van der Waals surface area (Å²) in [6, 6.07) is 7.77. The minimum Gasteiger partial charge on any atom is -0.278 e. The first-order valence-corrected chi connectivity index (χ1v) is 5.34. The third-order valence-corrected chi connectivity index (χ3v) is 2.68. The molecule has 7 heteroatoms. The Morgan fingerprint density at radius 1 is 1.20 bits per heavy atom. The first kappa shape index (κ1) is 14.6. The summed E-state index contributed by atoms with van der Waals surface area (Å²) >= 11 is 0. The Hall–Kier alpha value is -0.400. The molecule has 0 fully saturated rings. The van der Waals surface area contributed by atoms with Crippen LogP contribution in [-0.4, -0.2) is 14.3 Å². The molecule has 5 nitrogen and oxygen atoms in total. The van der Waals surface area contributed by atoms with Gasteiger partial charge in [0.1, 0.15) is 0 Å². The third-order valence-electron chi connectivity index (χ3n) is 1.41. The van der Waals surface area contributed by atoms with Gasteiger partial charge in [0.05, 0.1) is 4.90 Å². The molecule has 0 spiro atoms. The number of hydrogen-bond acceptors (Lipinski definition) is 3. The summed E-state index contributed by atoms with van der Waals surface area (Å²) in [4.78, 5) is 12.5. The maximum Gasteiger partial charge on any atom is 1.00 e. The van der Waals surface area contributed by atoms with Crippen molar-refractivity contribution in [2.24, 2.45) is 0 Å². The van der Waals surface area contributed by atoms with Gasteiger partial charge < -0.3 is 0 Å². The third kappa shape index (κ3) is 4.76. The molecule has 0 saturated heterocycles. The molecule has 1 aromatic carbocycles. The summed E-state index contributed by atoms with van der Waals surface area (Å²) in [5.74, 6) is -0.468. The van der Waals surface area contributed by atoms with E-state index in [9.17, 15) is 13.2 Å². The van der Waals surface area contributed by atoms with Gasteiger partial charge in [-0.15, -0.1) is 4.83 Å². The van der Waals surface area contributed by atoms with E-state index in [4.69, 9.17) is 0 Å². The number of carbonyl (C=O) groups is 1. The van der Waals surface area contributed by atoms with Crippen molar-refractivity contribution in [3.63, 3.8) is 0 Å². The van der Waals surface area contributed by atoms with Gasteiger partial charge in [-0.1, -0.05) is 18.2 Å². The number of rotatable bonds is 3. The summed E-state index contributed by atoms with van der Waals surface area (Å²) in [5, 5.41) is 0. The Balaban J connectivity index is 0.00000196. The summed E-state index contributed by atoms with van der Waals surface area (Å²) in [5.41, 5.74) is 2.01. The molecule has 0 radical (unpaired) electrons. The Morgan fingerprint density at radius 2 is 1.73 bits per heavy atom. The van der Waals surface area contributed by atoms with Gasteiger partial charge in [-0.25, -0.2) is 8.42 Å². The SMILES string of the molecule is CC(=O)NNS(=O)(=O)c1ccccc1.[Na+]. The molecule has 15 heavy (non-hydrogen) atoms. The molecule has 0 aliphatic heterocycles. The van der Waals surface area contributed by atoms with Gasteiger partial charge in [0.25, 0.3) is 10.0 Å². The van der Waals surface area contributed by atoms with E-state index in [-0.39, 0.29) is 34.5 Å². The zero-order valence-electron chi connectivity index (χ0n) is 8.52. The van der Waals surface area contributed by atoms with Gasteiger partial charge in [0.2, 0.25) is 5.91 Å². The minimum atomic E-state index is -3.64. The van der Waals surface area contributed by atoms with E-state index in [1.165, 1.54) is 19.1 Å². The molecule has 1 rings (SSSR count). The molecule has 0 saturated carbocycles. The van der Waals surface area contributed by atoms with Gasteiger partial charge in [-0.2, -0.15) is 0 Å². The summed E-state index contributed by atoms with van der Waals surface area (Å²) in [6.45, 7) is 1.22. The molecule has 1 aromatic rings. The number of amides is 1. The summed E-state index contributed by atoms with van der Waals surface area (Å²) < 4.78 is 22.8. The fraction of sp³-hybridized carbons (Fsp3) is 0.125. The van der Waals surface area contributed by atoms with Gasteiger partial charge in [-0.3, -0.25) is 10.2 Å². The van der Waals surface area contributed by atoms with Gasteiger partial charge in [0.15, 0.2) is 0 Å². The van der Waals surface area contributed by atoms with Crippen LogP contribution in [0.1, 0.15) is 6.92 Å². The van der Waals surface area contributed by atoms with Crippen molar-refractivity contribution in [3.8, 4) is 0 Å². The second kappa shape index (κ2) is 6.24. The molecular formula is C8H10N2NaO3S+. The van der Waals surface area contributed by atoms with Crippen LogP contribution < -0.4 is 39.8 Å². The van der Waals surface area contributed by atoms with Crippen molar-refractivity contribution in [2.45, 2.75) is 11.8 Å². The first-order chi connectivity index (χ1) is 6.52. The van der Waals surface area contributed by atoms with Crippen LogP contribution >= 0.6 is 0 Å². The van der Waals surface area contributed by atoms with Gasteiger partial charge in [0, 0.05) is 6.92 Å². The van der Waals surface area contributed by atoms with Gasteiger partial charge >= 0.3 is 29.6 Å². The topological polar surface area (TPSA) is 75.3 Å². The van der Waals surface area contributed by atoms with E-state index in [1.807, 2.05) is 10.3 Å². The average Bonchev–Trinajstić information content (AvgIpc) is 2.16. The molecule has 0 aliphatic carbocycles. The predicted molar refractivity (Wildman–Crippen MR) is 50.6 cm³/mol. The molecule has 0 atom stereocenters. The average molecular weight is 237 g/mol. The fourth-order valence-electron chi connectivity index (χ4n) is 0.798. The predicted octanol–water partition coefficient (Wildman–Crippen LogP) is -2.98. The minimum absolute atomic E-state index is 0. The zero-order chi connectivity index (χ0) is 10.6. The second-order valence-corrected chi connectivity index (χ2v) is 4.28. The van der Waals surface area contributed by atoms with Crippen molar-refractivity contribution >= 4 is 15.9 Å². The van der Waals surface area contributed by atoms with E-state index in [0.717, 1.165) is 0 Å². The molecule has 0 heterocycles. The molecule has 0 unspecified atom stereocenters. The standard InChI is InChI=1S/C8H10N2O3S.Na/c1-7(11)9-10-14(12,13)8-5-3-2-4-6-8;/h2-6,10H,1H3,(H,9,11);/q;+1. The monoisotopic (exact) mass is 237 g/mol. The fourth-order valence-corrected chi connectivity index (χ4v) is 1.71. The van der Waals surface area contributed by atoms with E-state index >= 15 is 0 Å². The number of hydrazine groups is 1. The van der Waals surface area contributed by atoms with Crippen LogP contribution in [0.25, 0.3) is 0 Å². The van der Waals surface area contributed by atoms with Crippen molar-refractivity contribution in [1.29, 1.82) is 0 Å². The van der Waals surface area contributed by atoms with E-state index < -0.39 is 15.9 Å². The van der Waals surface area contributed by atoms with Crippen molar-refractivity contribution in [1.82, 2.24) is 10.3 Å². The number of sulfonamides is 1. The Labute approximate surface area is 111 Å². The Morgan fingerprint density at radius 3 is 2.20 bits per heavy atom.